The van der Waals surface area contributed by atoms with Crippen molar-refractivity contribution < 1.29 is 24.0 Å². The van der Waals surface area contributed by atoms with Crippen LogP contribution in [0.3, 0.4) is 0 Å². The Morgan fingerprint density at radius 3 is 2.70 bits per heavy atom. The van der Waals surface area contributed by atoms with Gasteiger partial charge in [0.15, 0.2) is 6.61 Å². The molecule has 1 aromatic carbocycles. The molecule has 9 nitrogen and oxygen atoms in total. The van der Waals surface area contributed by atoms with Crippen molar-refractivity contribution >= 4 is 23.3 Å². The van der Waals surface area contributed by atoms with Gasteiger partial charge in [0, 0.05) is 31.3 Å². The van der Waals surface area contributed by atoms with Gasteiger partial charge in [-0.05, 0) is 19.4 Å². The summed E-state index contributed by atoms with van der Waals surface area (Å²) in [6.45, 7) is 5.59. The standard InChI is InChI=1S/C18H25N3O6/c1-3-4-13(2)19-17(22)12-27-18(23)15-11-14(21(24)25)5-6-16(15)20-7-9-26-10-8-20/h5-6,11,13H,3-4,7-10,12H2,1-2H3,(H,19,22)/t13-/m0/s1. The van der Waals surface area contributed by atoms with E-state index in [1.54, 1.807) is 0 Å². The van der Waals surface area contributed by atoms with Crippen LogP contribution in [-0.2, 0) is 14.3 Å². The van der Waals surface area contributed by atoms with Crippen LogP contribution >= 0.6 is 0 Å². The van der Waals surface area contributed by atoms with Crippen molar-refractivity contribution in [3.8, 4) is 0 Å². The monoisotopic (exact) mass is 379 g/mol. The largest absolute Gasteiger partial charge is 0.452 e. The molecule has 0 aromatic heterocycles. The van der Waals surface area contributed by atoms with Crippen molar-refractivity contribution in [2.24, 2.45) is 0 Å². The predicted octanol–water partition coefficient (Wildman–Crippen LogP) is 1.89. The first-order valence-corrected chi connectivity index (χ1v) is 9.00. The van der Waals surface area contributed by atoms with Gasteiger partial charge in [-0.15, -0.1) is 0 Å². The number of hydrogen-bond acceptors (Lipinski definition) is 7. The zero-order chi connectivity index (χ0) is 19.8. The number of nitro groups is 1. The van der Waals surface area contributed by atoms with E-state index < -0.39 is 23.4 Å². The fourth-order valence-corrected chi connectivity index (χ4v) is 2.91. The number of non-ortho nitro benzene ring substituents is 1. The van der Waals surface area contributed by atoms with Crippen LogP contribution in [0.25, 0.3) is 0 Å². The maximum atomic E-state index is 12.5. The first-order chi connectivity index (χ1) is 12.9. The molecule has 1 aliphatic heterocycles. The lowest BCUT2D eigenvalue weighted by atomic mass is 10.1. The second kappa shape index (κ2) is 9.86. The minimum absolute atomic E-state index is 0.0112. The van der Waals surface area contributed by atoms with Crippen LogP contribution in [0.4, 0.5) is 11.4 Å². The summed E-state index contributed by atoms with van der Waals surface area (Å²) in [5, 5.41) is 13.8. The van der Waals surface area contributed by atoms with Gasteiger partial charge in [0.2, 0.25) is 0 Å². The number of nitro benzene ring substituents is 1. The van der Waals surface area contributed by atoms with E-state index in [0.29, 0.717) is 32.0 Å². The molecule has 1 atom stereocenters. The Morgan fingerprint density at radius 2 is 2.07 bits per heavy atom. The van der Waals surface area contributed by atoms with Crippen LogP contribution in [0.1, 0.15) is 37.0 Å². The van der Waals surface area contributed by atoms with Crippen LogP contribution in [0.15, 0.2) is 18.2 Å². The fourth-order valence-electron chi connectivity index (χ4n) is 2.91. The maximum Gasteiger partial charge on any atom is 0.341 e. The summed E-state index contributed by atoms with van der Waals surface area (Å²) in [6.07, 6.45) is 1.75. The van der Waals surface area contributed by atoms with Gasteiger partial charge in [-0.1, -0.05) is 13.3 Å². The van der Waals surface area contributed by atoms with Gasteiger partial charge in [0.05, 0.1) is 29.4 Å². The minimum atomic E-state index is -0.765. The summed E-state index contributed by atoms with van der Waals surface area (Å²) in [7, 11) is 0. The number of hydrogen-bond donors (Lipinski definition) is 1. The van der Waals surface area contributed by atoms with E-state index in [1.807, 2.05) is 18.7 Å². The molecular weight excluding hydrogens is 354 g/mol. The van der Waals surface area contributed by atoms with E-state index in [9.17, 15) is 19.7 Å². The number of esters is 1. The number of carbonyl (C=O) groups is 2. The van der Waals surface area contributed by atoms with Gasteiger partial charge >= 0.3 is 5.97 Å². The summed E-state index contributed by atoms with van der Waals surface area (Å²) in [5.41, 5.74) is 0.397. The highest BCUT2D eigenvalue weighted by molar-refractivity contribution is 5.97. The summed E-state index contributed by atoms with van der Waals surface area (Å²) in [5.74, 6) is -1.17. The molecule has 1 saturated heterocycles. The third-order valence-electron chi connectivity index (χ3n) is 4.23. The molecule has 1 aromatic rings. The van der Waals surface area contributed by atoms with Gasteiger partial charge in [-0.25, -0.2) is 4.79 Å². The number of nitrogens with one attached hydrogen (secondary N) is 1. The van der Waals surface area contributed by atoms with E-state index in [0.717, 1.165) is 12.8 Å². The third-order valence-corrected chi connectivity index (χ3v) is 4.23. The smallest absolute Gasteiger partial charge is 0.341 e. The van der Waals surface area contributed by atoms with E-state index in [4.69, 9.17) is 9.47 Å². The molecule has 1 amide bonds. The second-order valence-corrected chi connectivity index (χ2v) is 6.39. The molecule has 0 unspecified atom stereocenters. The molecule has 1 fully saturated rings. The molecule has 0 spiro atoms. The van der Waals surface area contributed by atoms with Gasteiger partial charge in [0.1, 0.15) is 0 Å². The quantitative estimate of drug-likeness (QED) is 0.417. The van der Waals surface area contributed by atoms with Crippen LogP contribution in [-0.4, -0.2) is 55.8 Å². The number of morpholine rings is 1. The molecule has 27 heavy (non-hydrogen) atoms. The molecule has 0 saturated carbocycles. The molecule has 2 rings (SSSR count). The van der Waals surface area contributed by atoms with Crippen molar-refractivity contribution in [3.05, 3.63) is 33.9 Å². The zero-order valence-electron chi connectivity index (χ0n) is 15.6. The molecule has 0 bridgehead atoms. The molecule has 148 valence electrons. The van der Waals surface area contributed by atoms with Crippen LogP contribution in [0.5, 0.6) is 0 Å². The van der Waals surface area contributed by atoms with Crippen LogP contribution in [0, 0.1) is 10.1 Å². The number of carbonyl (C=O) groups excluding carboxylic acids is 2. The summed E-state index contributed by atoms with van der Waals surface area (Å²) < 4.78 is 10.4. The van der Waals surface area contributed by atoms with Crippen molar-refractivity contribution in [1.82, 2.24) is 5.32 Å². The predicted molar refractivity (Wildman–Crippen MR) is 98.9 cm³/mol. The van der Waals surface area contributed by atoms with Gasteiger partial charge < -0.3 is 19.7 Å². The van der Waals surface area contributed by atoms with Crippen molar-refractivity contribution in [1.29, 1.82) is 0 Å². The van der Waals surface area contributed by atoms with Crippen LogP contribution < -0.4 is 10.2 Å². The Labute approximate surface area is 157 Å². The Balaban J connectivity index is 2.11. The van der Waals surface area contributed by atoms with E-state index >= 15 is 0 Å². The SMILES string of the molecule is CCC[C@H](C)NC(=O)COC(=O)c1cc([N+](=O)[O-])ccc1N1CCOCC1. The number of nitrogens with zero attached hydrogens (tertiary/aromatic N) is 2. The molecule has 1 N–H and O–H groups in total. The first kappa shape index (κ1) is 20.6. The highest BCUT2D eigenvalue weighted by atomic mass is 16.6. The molecule has 9 heteroatoms. The van der Waals surface area contributed by atoms with E-state index in [-0.39, 0.29) is 17.3 Å². The average Bonchev–Trinajstić information content (AvgIpc) is 2.66. The van der Waals surface area contributed by atoms with Crippen LogP contribution in [0.2, 0.25) is 0 Å². The first-order valence-electron chi connectivity index (χ1n) is 9.00. The zero-order valence-corrected chi connectivity index (χ0v) is 15.6. The minimum Gasteiger partial charge on any atom is -0.452 e. The lowest BCUT2D eigenvalue weighted by Gasteiger charge is -2.30. The molecule has 0 aliphatic carbocycles. The molecule has 1 heterocycles. The number of benzene rings is 1. The Hall–Kier alpha value is -2.68. The normalized spacial score (nSPS) is 15.1. The van der Waals surface area contributed by atoms with E-state index in [2.05, 4.69) is 5.32 Å². The maximum absolute atomic E-state index is 12.5. The third kappa shape index (κ3) is 5.92. The average molecular weight is 379 g/mol. The summed E-state index contributed by atoms with van der Waals surface area (Å²) in [6, 6.07) is 4.05. The highest BCUT2D eigenvalue weighted by Gasteiger charge is 2.23. The fraction of sp³-hybridized carbons (Fsp3) is 0.556. The summed E-state index contributed by atoms with van der Waals surface area (Å²) in [4.78, 5) is 36.8. The number of rotatable bonds is 8. The van der Waals surface area contributed by atoms with Gasteiger partial charge in [0.25, 0.3) is 11.6 Å². The second-order valence-electron chi connectivity index (χ2n) is 6.39. The van der Waals surface area contributed by atoms with Gasteiger partial charge in [-0.3, -0.25) is 14.9 Å². The Bertz CT molecular complexity index is 688. The lowest BCUT2D eigenvalue weighted by Crippen LogP contribution is -2.38. The van der Waals surface area contributed by atoms with Crippen molar-refractivity contribution in [2.45, 2.75) is 32.7 Å². The lowest BCUT2D eigenvalue weighted by molar-refractivity contribution is -0.384. The Morgan fingerprint density at radius 1 is 1.37 bits per heavy atom. The van der Waals surface area contributed by atoms with Crippen molar-refractivity contribution in [2.75, 3.05) is 37.8 Å². The van der Waals surface area contributed by atoms with Crippen molar-refractivity contribution in [3.63, 3.8) is 0 Å². The number of anilines is 1. The molecular formula is C18H25N3O6. The summed E-state index contributed by atoms with van der Waals surface area (Å²) >= 11 is 0. The highest BCUT2D eigenvalue weighted by Crippen LogP contribution is 2.27. The molecule has 0 radical (unpaired) electrons. The number of ether oxygens (including phenoxy) is 2. The van der Waals surface area contributed by atoms with E-state index in [1.165, 1.54) is 18.2 Å². The topological polar surface area (TPSA) is 111 Å². The Kier molecular flexibility index (Phi) is 7.54. The van der Waals surface area contributed by atoms with Gasteiger partial charge in [-0.2, -0.15) is 0 Å². The molecule has 1 aliphatic rings. The number of amides is 1.